The Morgan fingerprint density at radius 3 is 2.33 bits per heavy atom. The van der Waals surface area contributed by atoms with Crippen LogP contribution in [0.25, 0.3) is 0 Å². The van der Waals surface area contributed by atoms with Gasteiger partial charge < -0.3 is 15.8 Å². The van der Waals surface area contributed by atoms with Gasteiger partial charge in [-0.25, -0.2) is 4.79 Å². The van der Waals surface area contributed by atoms with Crippen molar-refractivity contribution in [2.24, 2.45) is 5.73 Å². The van der Waals surface area contributed by atoms with Crippen LogP contribution in [-0.2, 0) is 9.53 Å². The van der Waals surface area contributed by atoms with Crippen LogP contribution in [0.3, 0.4) is 0 Å². The maximum atomic E-state index is 13.2. The summed E-state index contributed by atoms with van der Waals surface area (Å²) >= 11 is 0. The van der Waals surface area contributed by atoms with E-state index >= 15 is 0 Å². The molecule has 2 aliphatic heterocycles. The summed E-state index contributed by atoms with van der Waals surface area (Å²) in [7, 11) is 0. The van der Waals surface area contributed by atoms with E-state index in [9.17, 15) is 4.79 Å². The topological polar surface area (TPSA) is 82.9 Å². The first-order valence-corrected chi connectivity index (χ1v) is 10.5. The molecular formula is C23H29N5O2. The average Bonchev–Trinajstić information content (AvgIpc) is 3.09. The number of piperidine rings is 1. The van der Waals surface area contributed by atoms with Gasteiger partial charge in [0.15, 0.2) is 0 Å². The minimum atomic E-state index is -1.01. The Hall–Kier alpha value is -3.03. The Kier molecular flexibility index (Phi) is 5.92. The molecular weight excluding hydrogens is 378 g/mol. The Bertz CT molecular complexity index is 896. The standard InChI is InChI=1S/C23H29N5O2/c1-2-30-22(29)20-21(24)28(19-14-8-4-9-15-19)26-23(20,27-16-10-5-11-17-27)25-18-12-6-3-7-13-18/h3-4,6-9,12-15,25-26H,2,5,10-11,16-17,24H2,1H3. The lowest BCUT2D eigenvalue weighted by Gasteiger charge is -2.45. The summed E-state index contributed by atoms with van der Waals surface area (Å²) in [5, 5.41) is 5.35. The van der Waals surface area contributed by atoms with E-state index in [-0.39, 0.29) is 6.61 Å². The van der Waals surface area contributed by atoms with Gasteiger partial charge in [0.05, 0.1) is 12.3 Å². The van der Waals surface area contributed by atoms with Crippen molar-refractivity contribution in [3.8, 4) is 0 Å². The first-order valence-electron chi connectivity index (χ1n) is 10.5. The molecule has 30 heavy (non-hydrogen) atoms. The van der Waals surface area contributed by atoms with Crippen LogP contribution in [0.2, 0.25) is 0 Å². The fourth-order valence-electron chi connectivity index (χ4n) is 4.17. The van der Waals surface area contributed by atoms with E-state index in [2.05, 4.69) is 15.6 Å². The number of carbonyl (C=O) groups excluding carboxylic acids is 1. The molecule has 7 heteroatoms. The van der Waals surface area contributed by atoms with E-state index in [1.807, 2.05) is 60.7 Å². The molecule has 0 saturated carbocycles. The Morgan fingerprint density at radius 1 is 1.07 bits per heavy atom. The van der Waals surface area contributed by atoms with Crippen LogP contribution >= 0.6 is 0 Å². The van der Waals surface area contributed by atoms with Crippen molar-refractivity contribution in [1.29, 1.82) is 0 Å². The summed E-state index contributed by atoms with van der Waals surface area (Å²) in [4.78, 5) is 15.4. The van der Waals surface area contributed by atoms with Gasteiger partial charge in [-0.15, -0.1) is 0 Å². The van der Waals surface area contributed by atoms with E-state index in [0.717, 1.165) is 37.3 Å². The minimum absolute atomic E-state index is 0.280. The van der Waals surface area contributed by atoms with Crippen molar-refractivity contribution in [1.82, 2.24) is 10.3 Å². The fraction of sp³-hybridized carbons (Fsp3) is 0.348. The van der Waals surface area contributed by atoms with Crippen molar-refractivity contribution in [2.75, 3.05) is 30.0 Å². The van der Waals surface area contributed by atoms with E-state index < -0.39 is 11.8 Å². The van der Waals surface area contributed by atoms with E-state index in [4.69, 9.17) is 10.5 Å². The van der Waals surface area contributed by atoms with Crippen molar-refractivity contribution in [2.45, 2.75) is 32.0 Å². The number of nitrogens with zero attached hydrogens (tertiary/aromatic N) is 2. The van der Waals surface area contributed by atoms with Crippen molar-refractivity contribution in [3.63, 3.8) is 0 Å². The molecule has 2 aliphatic rings. The molecule has 1 unspecified atom stereocenters. The van der Waals surface area contributed by atoms with Gasteiger partial charge in [-0.1, -0.05) is 42.8 Å². The zero-order chi connectivity index (χ0) is 21.0. The summed E-state index contributed by atoms with van der Waals surface area (Å²) in [6.45, 7) is 3.76. The lowest BCUT2D eigenvalue weighted by Crippen LogP contribution is -2.67. The number of esters is 1. The number of likely N-dealkylation sites (tertiary alicyclic amines) is 1. The SMILES string of the molecule is CCOC(=O)C1=C(N)N(c2ccccc2)NC1(Nc1ccccc1)N1CCCCC1. The highest BCUT2D eigenvalue weighted by molar-refractivity contribution is 5.94. The van der Waals surface area contributed by atoms with Crippen LogP contribution in [0, 0.1) is 0 Å². The molecule has 2 aromatic carbocycles. The van der Waals surface area contributed by atoms with Crippen molar-refractivity contribution in [3.05, 3.63) is 72.1 Å². The predicted molar refractivity (Wildman–Crippen MR) is 118 cm³/mol. The van der Waals surface area contributed by atoms with Crippen LogP contribution in [0.4, 0.5) is 11.4 Å². The highest BCUT2D eigenvalue weighted by atomic mass is 16.5. The van der Waals surface area contributed by atoms with Crippen molar-refractivity contribution < 1.29 is 9.53 Å². The fourth-order valence-corrected chi connectivity index (χ4v) is 4.17. The first-order chi connectivity index (χ1) is 14.7. The van der Waals surface area contributed by atoms with Gasteiger partial charge in [-0.3, -0.25) is 9.91 Å². The lowest BCUT2D eigenvalue weighted by atomic mass is 10.0. The number of hydrogen-bond acceptors (Lipinski definition) is 7. The third-order valence-corrected chi connectivity index (χ3v) is 5.56. The van der Waals surface area contributed by atoms with Crippen LogP contribution in [0.1, 0.15) is 26.2 Å². The maximum absolute atomic E-state index is 13.2. The monoisotopic (exact) mass is 407 g/mol. The number of ether oxygens (including phenoxy) is 1. The van der Waals surface area contributed by atoms with E-state index in [1.165, 1.54) is 6.42 Å². The van der Waals surface area contributed by atoms with Crippen molar-refractivity contribution >= 4 is 17.3 Å². The third kappa shape index (κ3) is 3.74. The third-order valence-electron chi connectivity index (χ3n) is 5.56. The second-order valence-corrected chi connectivity index (χ2v) is 7.51. The number of hydrogen-bond donors (Lipinski definition) is 3. The largest absolute Gasteiger partial charge is 0.462 e. The number of nitrogens with one attached hydrogen (secondary N) is 2. The molecule has 1 atom stereocenters. The Morgan fingerprint density at radius 2 is 1.70 bits per heavy atom. The summed E-state index contributed by atoms with van der Waals surface area (Å²) in [5.74, 6) is -1.09. The van der Waals surface area contributed by atoms with Gasteiger partial charge in [0, 0.05) is 18.8 Å². The number of nitrogens with two attached hydrogens (primary N) is 1. The minimum Gasteiger partial charge on any atom is -0.462 e. The summed E-state index contributed by atoms with van der Waals surface area (Å²) in [6, 6.07) is 19.6. The summed E-state index contributed by atoms with van der Waals surface area (Å²) in [6.07, 6.45) is 3.29. The molecule has 4 rings (SSSR count). The van der Waals surface area contributed by atoms with Gasteiger partial charge in [0.2, 0.25) is 5.79 Å². The first kappa shape index (κ1) is 20.3. The molecule has 2 heterocycles. The zero-order valence-electron chi connectivity index (χ0n) is 17.3. The Labute approximate surface area is 177 Å². The van der Waals surface area contributed by atoms with Gasteiger partial charge in [0.1, 0.15) is 11.4 Å². The number of anilines is 2. The molecule has 0 bridgehead atoms. The second-order valence-electron chi connectivity index (χ2n) is 7.51. The number of hydrazine groups is 1. The summed E-state index contributed by atoms with van der Waals surface area (Å²) in [5.41, 5.74) is 12.3. The maximum Gasteiger partial charge on any atom is 0.343 e. The molecule has 4 N–H and O–H groups in total. The van der Waals surface area contributed by atoms with Crippen LogP contribution < -0.4 is 21.5 Å². The molecule has 0 aromatic heterocycles. The number of benzene rings is 2. The predicted octanol–water partition coefficient (Wildman–Crippen LogP) is 3.00. The van der Waals surface area contributed by atoms with Crippen LogP contribution in [0.5, 0.6) is 0 Å². The van der Waals surface area contributed by atoms with Gasteiger partial charge in [-0.05, 0) is 44.0 Å². The summed E-state index contributed by atoms with van der Waals surface area (Å²) < 4.78 is 5.45. The molecule has 158 valence electrons. The van der Waals surface area contributed by atoms with Crippen LogP contribution in [0.15, 0.2) is 72.1 Å². The van der Waals surface area contributed by atoms with Gasteiger partial charge in [-0.2, -0.15) is 5.43 Å². The average molecular weight is 408 g/mol. The number of para-hydroxylation sites is 2. The van der Waals surface area contributed by atoms with Crippen LogP contribution in [-0.4, -0.2) is 36.4 Å². The molecule has 2 aromatic rings. The van der Waals surface area contributed by atoms with E-state index in [1.54, 1.807) is 11.9 Å². The Balaban J connectivity index is 1.83. The van der Waals surface area contributed by atoms with Gasteiger partial charge in [0.25, 0.3) is 0 Å². The molecule has 7 nitrogen and oxygen atoms in total. The highest BCUT2D eigenvalue weighted by Gasteiger charge is 2.53. The quantitative estimate of drug-likeness (QED) is 0.635. The molecule has 0 spiro atoms. The lowest BCUT2D eigenvalue weighted by molar-refractivity contribution is -0.140. The van der Waals surface area contributed by atoms with Gasteiger partial charge >= 0.3 is 5.97 Å². The smallest absolute Gasteiger partial charge is 0.343 e. The number of carbonyl (C=O) groups is 1. The number of rotatable bonds is 6. The molecule has 1 fully saturated rings. The molecule has 0 amide bonds. The normalized spacial score (nSPS) is 22.2. The zero-order valence-corrected chi connectivity index (χ0v) is 17.3. The molecule has 0 radical (unpaired) electrons. The van der Waals surface area contributed by atoms with E-state index in [0.29, 0.717) is 11.4 Å². The molecule has 0 aliphatic carbocycles. The molecule has 1 saturated heterocycles. The highest BCUT2D eigenvalue weighted by Crippen LogP contribution is 2.37. The second kappa shape index (κ2) is 8.77.